The van der Waals surface area contributed by atoms with Gasteiger partial charge in [0, 0.05) is 38.9 Å². The van der Waals surface area contributed by atoms with Gasteiger partial charge < -0.3 is 9.88 Å². The summed E-state index contributed by atoms with van der Waals surface area (Å²) < 4.78 is 0. The lowest BCUT2D eigenvalue weighted by molar-refractivity contribution is 0.249. The first-order valence-corrected chi connectivity index (χ1v) is 8.98. The van der Waals surface area contributed by atoms with E-state index in [4.69, 9.17) is 11.7 Å². The van der Waals surface area contributed by atoms with Gasteiger partial charge in [-0.15, -0.1) is 6.42 Å². The standard InChI is InChI=1S/C21H18N6O/c1-2-16-10-19-20(25-21(16)28)9-15(12-24-19)14-26-5-7-27(8-6-26)18-4-3-17(11-22)23-13-18/h1,3-4,9-10,12-13H,5-8,14H2,(H,25,28). The fourth-order valence-electron chi connectivity index (χ4n) is 3.38. The van der Waals surface area contributed by atoms with Gasteiger partial charge in [-0.3, -0.25) is 14.7 Å². The Labute approximate surface area is 162 Å². The average molecular weight is 370 g/mol. The molecule has 0 aromatic carbocycles. The predicted octanol–water partition coefficient (Wildman–Crippen LogP) is 1.49. The molecular weight excluding hydrogens is 352 g/mol. The van der Waals surface area contributed by atoms with E-state index in [-0.39, 0.29) is 5.56 Å². The Morgan fingerprint density at radius 1 is 1.14 bits per heavy atom. The summed E-state index contributed by atoms with van der Waals surface area (Å²) in [4.78, 5) is 27.9. The molecule has 4 rings (SSSR count). The summed E-state index contributed by atoms with van der Waals surface area (Å²) in [6, 6.07) is 9.32. The number of fused-ring (bicyclic) bond motifs is 1. The molecule has 3 aromatic rings. The van der Waals surface area contributed by atoms with Crippen molar-refractivity contribution >= 4 is 16.7 Å². The maximum absolute atomic E-state index is 11.9. The summed E-state index contributed by atoms with van der Waals surface area (Å²) >= 11 is 0. The molecule has 0 amide bonds. The Hall–Kier alpha value is -3.68. The first kappa shape index (κ1) is 17.7. The lowest BCUT2D eigenvalue weighted by Crippen LogP contribution is -2.46. The Kier molecular flexibility index (Phi) is 4.76. The number of pyridine rings is 3. The van der Waals surface area contributed by atoms with E-state index in [0.717, 1.165) is 44.0 Å². The highest BCUT2D eigenvalue weighted by molar-refractivity contribution is 5.75. The number of piperazine rings is 1. The zero-order valence-electron chi connectivity index (χ0n) is 15.2. The van der Waals surface area contributed by atoms with Crippen molar-refractivity contribution < 1.29 is 0 Å². The third-order valence-electron chi connectivity index (χ3n) is 4.91. The highest BCUT2D eigenvalue weighted by Gasteiger charge is 2.18. The van der Waals surface area contributed by atoms with E-state index in [1.807, 2.05) is 24.4 Å². The monoisotopic (exact) mass is 370 g/mol. The molecule has 0 aliphatic carbocycles. The number of hydrogen-bond donors (Lipinski definition) is 1. The van der Waals surface area contributed by atoms with Crippen molar-refractivity contribution in [2.75, 3.05) is 31.1 Å². The van der Waals surface area contributed by atoms with E-state index in [9.17, 15) is 4.79 Å². The number of terminal acetylenes is 1. The highest BCUT2D eigenvalue weighted by atomic mass is 16.1. The molecule has 28 heavy (non-hydrogen) atoms. The molecule has 7 nitrogen and oxygen atoms in total. The molecule has 1 aliphatic heterocycles. The molecule has 1 aliphatic rings. The highest BCUT2D eigenvalue weighted by Crippen LogP contribution is 2.17. The number of aromatic nitrogens is 3. The topological polar surface area (TPSA) is 88.9 Å². The van der Waals surface area contributed by atoms with Gasteiger partial charge >= 0.3 is 0 Å². The van der Waals surface area contributed by atoms with Gasteiger partial charge in [0.25, 0.3) is 5.56 Å². The molecule has 0 atom stereocenters. The number of anilines is 1. The van der Waals surface area contributed by atoms with Crippen LogP contribution in [0, 0.1) is 23.7 Å². The van der Waals surface area contributed by atoms with Crippen LogP contribution in [0.15, 0.2) is 41.5 Å². The molecule has 0 radical (unpaired) electrons. The smallest absolute Gasteiger partial charge is 0.264 e. The van der Waals surface area contributed by atoms with Crippen molar-refractivity contribution in [3.05, 3.63) is 63.8 Å². The zero-order valence-corrected chi connectivity index (χ0v) is 15.2. The van der Waals surface area contributed by atoms with E-state index >= 15 is 0 Å². The summed E-state index contributed by atoms with van der Waals surface area (Å²) in [7, 11) is 0. The van der Waals surface area contributed by atoms with Crippen LogP contribution in [0.1, 0.15) is 16.8 Å². The van der Waals surface area contributed by atoms with E-state index in [1.165, 1.54) is 0 Å². The molecule has 3 aromatic heterocycles. The molecule has 4 heterocycles. The number of nitrogens with one attached hydrogen (secondary N) is 1. The van der Waals surface area contributed by atoms with Crippen LogP contribution in [0.4, 0.5) is 5.69 Å². The van der Waals surface area contributed by atoms with Gasteiger partial charge in [0.1, 0.15) is 11.8 Å². The first-order valence-electron chi connectivity index (χ1n) is 8.98. The lowest BCUT2D eigenvalue weighted by atomic mass is 10.2. The minimum absolute atomic E-state index is 0.265. The number of nitriles is 1. The fourth-order valence-corrected chi connectivity index (χ4v) is 3.38. The van der Waals surface area contributed by atoms with Crippen molar-refractivity contribution in [1.82, 2.24) is 19.9 Å². The third kappa shape index (κ3) is 3.57. The number of aromatic amines is 1. The normalized spacial score (nSPS) is 14.6. The van der Waals surface area contributed by atoms with Gasteiger partial charge in [-0.1, -0.05) is 5.92 Å². The van der Waals surface area contributed by atoms with E-state index in [2.05, 4.69) is 30.7 Å². The number of H-pyrrole nitrogens is 1. The van der Waals surface area contributed by atoms with Crippen LogP contribution in [-0.4, -0.2) is 46.0 Å². The Morgan fingerprint density at radius 2 is 1.96 bits per heavy atom. The van der Waals surface area contributed by atoms with Gasteiger partial charge in [0.2, 0.25) is 0 Å². The van der Waals surface area contributed by atoms with Crippen LogP contribution in [0.2, 0.25) is 0 Å². The minimum Gasteiger partial charge on any atom is -0.368 e. The zero-order chi connectivity index (χ0) is 19.5. The maximum Gasteiger partial charge on any atom is 0.264 e. The molecule has 0 unspecified atom stereocenters. The van der Waals surface area contributed by atoms with Crippen LogP contribution < -0.4 is 10.5 Å². The van der Waals surface area contributed by atoms with Gasteiger partial charge in [-0.25, -0.2) is 4.98 Å². The number of hydrogen-bond acceptors (Lipinski definition) is 6. The van der Waals surface area contributed by atoms with Crippen LogP contribution in [0.5, 0.6) is 0 Å². The fraction of sp³-hybridized carbons (Fsp3) is 0.238. The molecule has 138 valence electrons. The predicted molar refractivity (Wildman–Crippen MR) is 107 cm³/mol. The second-order valence-electron chi connectivity index (χ2n) is 6.71. The largest absolute Gasteiger partial charge is 0.368 e. The van der Waals surface area contributed by atoms with Crippen molar-refractivity contribution in [3.8, 4) is 18.4 Å². The summed E-state index contributed by atoms with van der Waals surface area (Å²) in [5, 5.41) is 8.85. The van der Waals surface area contributed by atoms with E-state index in [0.29, 0.717) is 22.3 Å². The quantitative estimate of drug-likeness (QED) is 0.703. The Bertz CT molecular complexity index is 1140. The molecule has 1 N–H and O–H groups in total. The van der Waals surface area contributed by atoms with Gasteiger partial charge in [0.05, 0.1) is 28.5 Å². The van der Waals surface area contributed by atoms with Gasteiger partial charge in [-0.2, -0.15) is 5.26 Å². The maximum atomic E-state index is 11.9. The van der Waals surface area contributed by atoms with Gasteiger partial charge in [-0.05, 0) is 29.8 Å². The number of nitrogens with zero attached hydrogens (tertiary/aromatic N) is 5. The molecule has 0 spiro atoms. The average Bonchev–Trinajstić information content (AvgIpc) is 2.74. The lowest BCUT2D eigenvalue weighted by Gasteiger charge is -2.35. The van der Waals surface area contributed by atoms with Crippen molar-refractivity contribution in [2.45, 2.75) is 6.54 Å². The molecule has 0 bridgehead atoms. The summed E-state index contributed by atoms with van der Waals surface area (Å²) in [6.45, 7) is 4.35. The molecule has 1 fully saturated rings. The Morgan fingerprint density at radius 3 is 2.64 bits per heavy atom. The van der Waals surface area contributed by atoms with Crippen molar-refractivity contribution in [1.29, 1.82) is 5.26 Å². The second kappa shape index (κ2) is 7.51. The molecule has 0 saturated carbocycles. The summed E-state index contributed by atoms with van der Waals surface area (Å²) in [5.74, 6) is 2.37. The third-order valence-corrected chi connectivity index (χ3v) is 4.91. The van der Waals surface area contributed by atoms with Crippen molar-refractivity contribution in [3.63, 3.8) is 0 Å². The summed E-state index contributed by atoms with van der Waals surface area (Å²) in [6.07, 6.45) is 8.92. The SMILES string of the molecule is C#Cc1cc2ncc(CN3CCN(c4ccc(C#N)nc4)CC3)cc2[nH]c1=O. The second-order valence-corrected chi connectivity index (χ2v) is 6.71. The minimum atomic E-state index is -0.265. The van der Waals surface area contributed by atoms with E-state index in [1.54, 1.807) is 18.3 Å². The molecule has 1 saturated heterocycles. The van der Waals surface area contributed by atoms with Crippen LogP contribution in [0.25, 0.3) is 11.0 Å². The van der Waals surface area contributed by atoms with Crippen LogP contribution in [-0.2, 0) is 6.54 Å². The van der Waals surface area contributed by atoms with Gasteiger partial charge in [0.15, 0.2) is 0 Å². The van der Waals surface area contributed by atoms with Crippen LogP contribution >= 0.6 is 0 Å². The molecule has 7 heteroatoms. The first-order chi connectivity index (χ1) is 13.7. The van der Waals surface area contributed by atoms with E-state index < -0.39 is 0 Å². The van der Waals surface area contributed by atoms with Crippen LogP contribution in [0.3, 0.4) is 0 Å². The number of rotatable bonds is 3. The summed E-state index contributed by atoms with van der Waals surface area (Å²) in [5.41, 5.74) is 3.93. The Balaban J connectivity index is 1.42. The van der Waals surface area contributed by atoms with Crippen molar-refractivity contribution in [2.24, 2.45) is 0 Å². The molecular formula is C21H18N6O.